The highest BCUT2D eigenvalue weighted by Gasteiger charge is 2.15. The minimum atomic E-state index is -0.408. The van der Waals surface area contributed by atoms with Gasteiger partial charge in [0.05, 0.1) is 12.1 Å². The van der Waals surface area contributed by atoms with E-state index in [0.717, 1.165) is 24.8 Å². The van der Waals surface area contributed by atoms with E-state index in [9.17, 15) is 4.79 Å². The molecule has 94 valence electrons. The average molecular weight is 235 g/mol. The largest absolute Gasteiger partial charge is 0.348 e. The fourth-order valence-electron chi connectivity index (χ4n) is 1.59. The molecule has 17 heavy (non-hydrogen) atoms. The van der Waals surface area contributed by atoms with Crippen molar-refractivity contribution in [2.75, 3.05) is 0 Å². The summed E-state index contributed by atoms with van der Waals surface area (Å²) in [7, 11) is 0. The van der Waals surface area contributed by atoms with Gasteiger partial charge in [-0.2, -0.15) is 0 Å². The number of unbranched alkanes of at least 4 members (excludes halogenated alkanes) is 1. The van der Waals surface area contributed by atoms with Crippen LogP contribution in [0, 0.1) is 0 Å². The Labute approximate surface area is 103 Å². The van der Waals surface area contributed by atoms with Crippen LogP contribution in [0.3, 0.4) is 0 Å². The van der Waals surface area contributed by atoms with Crippen molar-refractivity contribution in [1.82, 2.24) is 10.3 Å². The Morgan fingerprint density at radius 2 is 2.35 bits per heavy atom. The lowest BCUT2D eigenvalue weighted by Crippen LogP contribution is -2.41. The Kier molecular flexibility index (Phi) is 5.63. The number of carbonyl (C=O) groups excluding carboxylic acids is 1. The predicted molar refractivity (Wildman–Crippen MR) is 68.3 cm³/mol. The number of pyridine rings is 1. The van der Waals surface area contributed by atoms with Crippen molar-refractivity contribution in [1.29, 1.82) is 0 Å². The zero-order valence-corrected chi connectivity index (χ0v) is 10.5. The molecule has 0 spiro atoms. The van der Waals surface area contributed by atoms with Gasteiger partial charge in [-0.3, -0.25) is 9.78 Å². The van der Waals surface area contributed by atoms with Gasteiger partial charge in [-0.1, -0.05) is 25.8 Å². The van der Waals surface area contributed by atoms with E-state index >= 15 is 0 Å². The molecule has 0 saturated heterocycles. The summed E-state index contributed by atoms with van der Waals surface area (Å²) in [5.41, 5.74) is 6.79. The number of nitrogens with zero attached hydrogens (tertiary/aromatic N) is 1. The molecule has 0 bridgehead atoms. The minimum absolute atomic E-state index is 0.0520. The van der Waals surface area contributed by atoms with E-state index in [-0.39, 0.29) is 11.9 Å². The Balaban J connectivity index is 2.46. The summed E-state index contributed by atoms with van der Waals surface area (Å²) in [6.07, 6.45) is 6.24. The van der Waals surface area contributed by atoms with Gasteiger partial charge in [0.25, 0.3) is 0 Å². The molecule has 2 atom stereocenters. The summed E-state index contributed by atoms with van der Waals surface area (Å²) in [6.45, 7) is 4.02. The molecular formula is C13H21N3O. The number of nitrogens with two attached hydrogens (primary N) is 1. The summed E-state index contributed by atoms with van der Waals surface area (Å²) in [4.78, 5) is 15.8. The first-order valence-corrected chi connectivity index (χ1v) is 6.11. The fraction of sp³-hybridized carbons (Fsp3) is 0.538. The first kappa shape index (κ1) is 13.6. The van der Waals surface area contributed by atoms with Crippen LogP contribution in [0.5, 0.6) is 0 Å². The molecule has 4 nitrogen and oxygen atoms in total. The van der Waals surface area contributed by atoms with Gasteiger partial charge < -0.3 is 11.1 Å². The molecule has 4 heteroatoms. The molecule has 0 aliphatic carbocycles. The van der Waals surface area contributed by atoms with Gasteiger partial charge in [0.2, 0.25) is 5.91 Å². The van der Waals surface area contributed by atoms with E-state index in [2.05, 4.69) is 17.2 Å². The van der Waals surface area contributed by atoms with Gasteiger partial charge in [-0.25, -0.2) is 0 Å². The van der Waals surface area contributed by atoms with Crippen LogP contribution in [0.1, 0.15) is 44.7 Å². The van der Waals surface area contributed by atoms with E-state index < -0.39 is 6.04 Å². The molecule has 0 unspecified atom stereocenters. The molecular weight excluding hydrogens is 214 g/mol. The van der Waals surface area contributed by atoms with Crippen LogP contribution in [0.15, 0.2) is 24.5 Å². The van der Waals surface area contributed by atoms with Crippen molar-refractivity contribution < 1.29 is 4.79 Å². The molecule has 0 saturated carbocycles. The van der Waals surface area contributed by atoms with Gasteiger partial charge in [0.15, 0.2) is 0 Å². The van der Waals surface area contributed by atoms with Crippen molar-refractivity contribution >= 4 is 5.91 Å². The van der Waals surface area contributed by atoms with Crippen molar-refractivity contribution in [3.05, 3.63) is 30.1 Å². The number of hydrogen-bond acceptors (Lipinski definition) is 3. The lowest BCUT2D eigenvalue weighted by molar-refractivity contribution is -0.123. The van der Waals surface area contributed by atoms with E-state index in [4.69, 9.17) is 5.73 Å². The van der Waals surface area contributed by atoms with E-state index in [1.165, 1.54) is 0 Å². The van der Waals surface area contributed by atoms with Gasteiger partial charge in [0, 0.05) is 12.4 Å². The normalized spacial score (nSPS) is 14.1. The second-order valence-corrected chi connectivity index (χ2v) is 4.27. The smallest absolute Gasteiger partial charge is 0.237 e. The third kappa shape index (κ3) is 4.53. The number of amides is 1. The molecule has 1 aromatic heterocycles. The number of aromatic nitrogens is 1. The molecule has 0 radical (unpaired) electrons. The van der Waals surface area contributed by atoms with Crippen LogP contribution in [0.4, 0.5) is 0 Å². The number of hydrogen-bond donors (Lipinski definition) is 2. The Hall–Kier alpha value is -1.42. The van der Waals surface area contributed by atoms with E-state index in [1.807, 2.05) is 19.1 Å². The number of rotatable bonds is 6. The van der Waals surface area contributed by atoms with Crippen molar-refractivity contribution in [2.24, 2.45) is 5.73 Å². The van der Waals surface area contributed by atoms with Crippen molar-refractivity contribution in [3.8, 4) is 0 Å². The number of carbonyl (C=O) groups is 1. The first-order chi connectivity index (χ1) is 8.15. The fourth-order valence-corrected chi connectivity index (χ4v) is 1.59. The van der Waals surface area contributed by atoms with Crippen molar-refractivity contribution in [2.45, 2.75) is 45.2 Å². The maximum absolute atomic E-state index is 11.8. The second-order valence-electron chi connectivity index (χ2n) is 4.27. The van der Waals surface area contributed by atoms with Crippen LogP contribution in [-0.2, 0) is 4.79 Å². The monoisotopic (exact) mass is 235 g/mol. The summed E-state index contributed by atoms with van der Waals surface area (Å²) in [5, 5.41) is 2.90. The van der Waals surface area contributed by atoms with Crippen LogP contribution < -0.4 is 11.1 Å². The van der Waals surface area contributed by atoms with Gasteiger partial charge in [-0.05, 0) is 25.0 Å². The quantitative estimate of drug-likeness (QED) is 0.789. The molecule has 1 heterocycles. The highest BCUT2D eigenvalue weighted by molar-refractivity contribution is 5.81. The van der Waals surface area contributed by atoms with Crippen LogP contribution >= 0.6 is 0 Å². The molecule has 1 amide bonds. The Morgan fingerprint density at radius 3 is 2.94 bits per heavy atom. The van der Waals surface area contributed by atoms with Crippen LogP contribution in [-0.4, -0.2) is 16.9 Å². The average Bonchev–Trinajstić information content (AvgIpc) is 2.36. The lowest BCUT2D eigenvalue weighted by atomic mass is 10.1. The molecule has 0 fully saturated rings. The van der Waals surface area contributed by atoms with Crippen LogP contribution in [0.25, 0.3) is 0 Å². The Morgan fingerprint density at radius 1 is 1.59 bits per heavy atom. The summed E-state index contributed by atoms with van der Waals surface area (Å²) in [6, 6.07) is 3.34. The molecule has 0 aliphatic rings. The minimum Gasteiger partial charge on any atom is -0.348 e. The maximum atomic E-state index is 11.8. The topological polar surface area (TPSA) is 68.0 Å². The lowest BCUT2D eigenvalue weighted by Gasteiger charge is -2.17. The second kappa shape index (κ2) is 7.01. The summed E-state index contributed by atoms with van der Waals surface area (Å²) in [5.74, 6) is -0.0881. The number of nitrogens with one attached hydrogen (secondary N) is 1. The SMILES string of the molecule is CCCC[C@@H](N)C(=O)N[C@@H](C)c1cccnc1. The first-order valence-electron chi connectivity index (χ1n) is 6.11. The van der Waals surface area contributed by atoms with Gasteiger partial charge in [0.1, 0.15) is 0 Å². The third-order valence-corrected chi connectivity index (χ3v) is 2.75. The van der Waals surface area contributed by atoms with Gasteiger partial charge in [-0.15, -0.1) is 0 Å². The van der Waals surface area contributed by atoms with Crippen molar-refractivity contribution in [3.63, 3.8) is 0 Å². The predicted octanol–water partition coefficient (Wildman–Crippen LogP) is 1.78. The standard InChI is InChI=1S/C13H21N3O/c1-3-4-7-12(14)13(17)16-10(2)11-6-5-8-15-9-11/h5-6,8-10,12H,3-4,7,14H2,1-2H3,(H,16,17)/t10-,12+/m0/s1. The highest BCUT2D eigenvalue weighted by Crippen LogP contribution is 2.10. The van der Waals surface area contributed by atoms with E-state index in [1.54, 1.807) is 12.4 Å². The molecule has 1 aromatic rings. The molecule has 3 N–H and O–H groups in total. The Bertz CT molecular complexity index is 340. The third-order valence-electron chi connectivity index (χ3n) is 2.75. The van der Waals surface area contributed by atoms with Crippen LogP contribution in [0.2, 0.25) is 0 Å². The van der Waals surface area contributed by atoms with E-state index in [0.29, 0.717) is 0 Å². The maximum Gasteiger partial charge on any atom is 0.237 e. The summed E-state index contributed by atoms with van der Waals surface area (Å²) < 4.78 is 0. The zero-order chi connectivity index (χ0) is 12.7. The summed E-state index contributed by atoms with van der Waals surface area (Å²) >= 11 is 0. The zero-order valence-electron chi connectivity index (χ0n) is 10.5. The molecule has 1 rings (SSSR count). The highest BCUT2D eigenvalue weighted by atomic mass is 16.2. The van der Waals surface area contributed by atoms with Gasteiger partial charge >= 0.3 is 0 Å². The molecule has 0 aromatic carbocycles. The molecule has 0 aliphatic heterocycles.